The van der Waals surface area contributed by atoms with E-state index in [4.69, 9.17) is 24.7 Å². The minimum Gasteiger partial charge on any atom is -0.309 e. The van der Waals surface area contributed by atoms with Gasteiger partial charge in [0.05, 0.1) is 68.7 Å². The summed E-state index contributed by atoms with van der Waals surface area (Å²) in [6.07, 6.45) is 0. The second-order valence-electron chi connectivity index (χ2n) is 12.3. The van der Waals surface area contributed by atoms with Crippen molar-refractivity contribution in [1.82, 2.24) is 9.13 Å². The number of fused-ring (bicyclic) bond motifs is 12. The van der Waals surface area contributed by atoms with Gasteiger partial charge in [-0.2, -0.15) is 0 Å². The van der Waals surface area contributed by atoms with Gasteiger partial charge in [0.25, 0.3) is 0 Å². The van der Waals surface area contributed by atoms with Crippen LogP contribution < -0.4 is 0 Å². The number of benzene rings is 10. The van der Waals surface area contributed by atoms with Gasteiger partial charge in [0, 0.05) is 32.9 Å². The molecule has 12 aromatic rings. The third kappa shape index (κ3) is 4.57. The van der Waals surface area contributed by atoms with Crippen LogP contribution in [0.15, 0.2) is 205 Å². The number of hydrogen-bond donors (Lipinski definition) is 0. The molecule has 0 atom stereocenters. The van der Waals surface area contributed by atoms with Crippen molar-refractivity contribution in [2.45, 2.75) is 0 Å². The lowest BCUT2D eigenvalue weighted by Crippen LogP contribution is -1.94. The van der Waals surface area contributed by atoms with Gasteiger partial charge >= 0.3 is 0 Å². The van der Waals surface area contributed by atoms with E-state index in [2.05, 4.69) is 0 Å². The Bertz CT molecular complexity index is 5450. The smallest absolute Gasteiger partial charge is 0.0652 e. The van der Waals surface area contributed by atoms with Crippen molar-refractivity contribution >= 4 is 75.9 Å². The molecule has 12 rings (SSSR count). The molecule has 0 fully saturated rings. The third-order valence-corrected chi connectivity index (χ3v) is 9.30. The van der Waals surface area contributed by atoms with Crippen molar-refractivity contribution in [2.75, 3.05) is 0 Å². The van der Waals surface area contributed by atoms with Crippen LogP contribution >= 0.6 is 0 Å². The van der Waals surface area contributed by atoms with Crippen LogP contribution in [-0.4, -0.2) is 9.13 Å². The Labute approximate surface area is 371 Å². The maximum absolute atomic E-state index is 10.0. The first-order chi connectivity index (χ1) is 42.0. The largest absolute Gasteiger partial charge is 0.309 e. The number of para-hydroxylation sites is 2. The number of rotatable bonds is 4. The molecule has 10 aromatic carbocycles. The Morgan fingerprint density at radius 2 is 0.643 bits per heavy atom. The second-order valence-corrected chi connectivity index (χ2v) is 12.3. The molecule has 2 heteroatoms. The summed E-state index contributed by atoms with van der Waals surface area (Å²) in [7, 11) is 0. The highest BCUT2D eigenvalue weighted by molar-refractivity contribution is 6.25. The maximum atomic E-state index is 10.0. The normalized spacial score (nSPS) is 20.4. The molecule has 0 spiro atoms. The SMILES string of the molecule is [2H]c1c([2H])c([2H])c(-c2c([2H])c([2H])c([2H])c(-n3c4c([2H])c([2H])c([2H])c([2H])c4c4c([2H])c(-c5c([2H])c([2H])c6c(c5[2H])c5c([2H])c([2H])c([2H])c([2H])c5n6-c5c([2H])c([2H])c6c7c([2H])c([2H])c([2H])c([2H])c7c7c([2H])c([2H])c([2H])c([2H])c7c6c5[2H])c([2H])c([2H])c43)c2[2H])c([2H])c1[2H]. The van der Waals surface area contributed by atoms with Crippen molar-refractivity contribution < 1.29 is 46.6 Å². The summed E-state index contributed by atoms with van der Waals surface area (Å²) < 4.78 is 311. The van der Waals surface area contributed by atoms with Crippen molar-refractivity contribution in [3.05, 3.63) is 205 Å². The van der Waals surface area contributed by atoms with Crippen LogP contribution in [0.25, 0.3) is 110 Å². The molecule has 0 unspecified atom stereocenters. The molecule has 0 N–H and O–H groups in total. The van der Waals surface area contributed by atoms with Crippen molar-refractivity contribution in [3.63, 3.8) is 0 Å². The van der Waals surface area contributed by atoms with E-state index in [9.17, 15) is 21.9 Å². The number of aromatic nitrogens is 2. The zero-order valence-electron chi connectivity index (χ0n) is 61.9. The third-order valence-electron chi connectivity index (χ3n) is 9.30. The predicted molar refractivity (Wildman–Crippen MR) is 239 cm³/mol. The maximum Gasteiger partial charge on any atom is 0.0652 e. The van der Waals surface area contributed by atoms with Gasteiger partial charge < -0.3 is 9.13 Å². The molecule has 260 valence electrons. The van der Waals surface area contributed by atoms with Gasteiger partial charge in [-0.05, 0) is 115 Å². The van der Waals surface area contributed by atoms with Gasteiger partial charge in [-0.15, -0.1) is 0 Å². The summed E-state index contributed by atoms with van der Waals surface area (Å²) in [6, 6.07) is -33.0. The van der Waals surface area contributed by atoms with Crippen molar-refractivity contribution in [3.8, 4) is 33.6 Å². The van der Waals surface area contributed by atoms with Crippen LogP contribution in [0.2, 0.25) is 0 Å². The van der Waals surface area contributed by atoms with E-state index in [1.807, 2.05) is 0 Å². The second kappa shape index (κ2) is 12.0. The molecule has 2 nitrogen and oxygen atoms in total. The molecule has 0 saturated carbocycles. The topological polar surface area (TPSA) is 9.86 Å². The van der Waals surface area contributed by atoms with Gasteiger partial charge in [-0.3, -0.25) is 0 Å². The standard InChI is InChI=1S/C54H34N2/c1-2-13-35(14-3-1)36-15-12-16-39(31-36)55-51-23-10-8-21-46(51)49-32-37(25-29-53(49)55)38-26-30-54-50(33-38)47-22-9-11-24-52(47)56(54)40-27-28-45-43-19-5-4-17-41(43)42-18-6-7-20-44(42)48(45)34-40/h1-34H/i1D,2D,3D,4D,5D,6D,7D,8D,9D,10D,11D,12D,13D,14D,15D,16D,17D,18D,19D,20D,21D,22D,23D,24D,25D,26D,27D,28D,29D,30D,31D,32D,33D,34D. The predicted octanol–water partition coefficient (Wildman–Crippen LogP) is 14.7. The Morgan fingerprint density at radius 3 is 1.21 bits per heavy atom. The lowest BCUT2D eigenvalue weighted by atomic mass is 9.94. The molecular weight excluding hydrogens is 677 g/mol. The Kier molecular flexibility index (Phi) is 2.70. The van der Waals surface area contributed by atoms with E-state index in [-0.39, 0.29) is 0 Å². The molecule has 0 aliphatic carbocycles. The van der Waals surface area contributed by atoms with Crippen LogP contribution in [0, 0.1) is 0 Å². The summed E-state index contributed by atoms with van der Waals surface area (Å²) in [5.41, 5.74) is -8.24. The monoisotopic (exact) mass is 744 g/mol. The van der Waals surface area contributed by atoms with E-state index in [1.54, 1.807) is 0 Å². The fraction of sp³-hybridized carbons (Fsp3) is 0. The molecule has 0 aliphatic heterocycles. The molecule has 0 bridgehead atoms. The highest BCUT2D eigenvalue weighted by atomic mass is 15.0. The average Bonchev–Trinajstić information content (AvgIpc) is 1.31. The molecule has 0 amide bonds. The van der Waals surface area contributed by atoms with Crippen LogP contribution in [0.4, 0.5) is 0 Å². The summed E-state index contributed by atoms with van der Waals surface area (Å²) in [5, 5.41) is -6.20. The highest BCUT2D eigenvalue weighted by Crippen LogP contribution is 2.41. The van der Waals surface area contributed by atoms with Gasteiger partial charge in [-0.25, -0.2) is 0 Å². The van der Waals surface area contributed by atoms with Crippen molar-refractivity contribution in [1.29, 1.82) is 0 Å². The number of hydrogen-bond acceptors (Lipinski definition) is 0. The van der Waals surface area contributed by atoms with Crippen LogP contribution in [0.1, 0.15) is 46.6 Å². The van der Waals surface area contributed by atoms with Gasteiger partial charge in [-0.1, -0.05) is 145 Å². The molecule has 0 radical (unpaired) electrons. The average molecular weight is 745 g/mol. The first kappa shape index (κ1) is 12.6. The summed E-state index contributed by atoms with van der Waals surface area (Å²) in [4.78, 5) is 0. The van der Waals surface area contributed by atoms with Gasteiger partial charge in [0.2, 0.25) is 0 Å². The minimum absolute atomic E-state index is 0.505. The van der Waals surface area contributed by atoms with E-state index in [1.165, 1.54) is 0 Å². The molecule has 0 aliphatic rings. The molecule has 2 aromatic heterocycles. The summed E-state index contributed by atoms with van der Waals surface area (Å²) in [5.74, 6) is 0. The van der Waals surface area contributed by atoms with E-state index in [0.717, 1.165) is 0 Å². The van der Waals surface area contributed by atoms with E-state index in [0.29, 0.717) is 9.13 Å². The van der Waals surface area contributed by atoms with E-state index < -0.39 is 315 Å². The first-order valence-electron chi connectivity index (χ1n) is 33.6. The molecule has 2 heterocycles. The summed E-state index contributed by atoms with van der Waals surface area (Å²) >= 11 is 0. The fourth-order valence-electron chi connectivity index (χ4n) is 6.93. The van der Waals surface area contributed by atoms with Crippen molar-refractivity contribution in [2.24, 2.45) is 0 Å². The lowest BCUT2D eigenvalue weighted by Gasteiger charge is -2.14. The summed E-state index contributed by atoms with van der Waals surface area (Å²) in [6.45, 7) is 0. The minimum atomic E-state index is -1.14. The van der Waals surface area contributed by atoms with E-state index >= 15 is 0 Å². The van der Waals surface area contributed by atoms with Crippen LogP contribution in [0.5, 0.6) is 0 Å². The van der Waals surface area contributed by atoms with Crippen LogP contribution in [-0.2, 0) is 0 Å². The number of nitrogens with zero attached hydrogens (tertiary/aromatic N) is 2. The zero-order chi connectivity index (χ0) is 66.3. The Morgan fingerprint density at radius 1 is 0.232 bits per heavy atom. The molecular formula is C54H34N2. The molecule has 56 heavy (non-hydrogen) atoms. The molecule has 0 saturated heterocycles. The Hall–Kier alpha value is -7.42. The van der Waals surface area contributed by atoms with Crippen LogP contribution in [0.3, 0.4) is 0 Å². The van der Waals surface area contributed by atoms with Gasteiger partial charge in [0.1, 0.15) is 0 Å². The zero-order valence-corrected chi connectivity index (χ0v) is 27.9. The Balaban J connectivity index is 1.27. The first-order valence-corrected chi connectivity index (χ1v) is 16.6. The van der Waals surface area contributed by atoms with Gasteiger partial charge in [0.15, 0.2) is 0 Å². The lowest BCUT2D eigenvalue weighted by molar-refractivity contribution is 1.18. The quantitative estimate of drug-likeness (QED) is 0.159. The highest BCUT2D eigenvalue weighted by Gasteiger charge is 2.17. The fourth-order valence-corrected chi connectivity index (χ4v) is 6.93.